The molecule has 0 aromatic carbocycles. The average molecular weight is 207 g/mol. The highest BCUT2D eigenvalue weighted by atomic mass is 16.5. The molecule has 0 fully saturated rings. The first-order valence-electron chi connectivity index (χ1n) is 5.04. The van der Waals surface area contributed by atoms with E-state index in [0.29, 0.717) is 25.4 Å². The SMILES string of the molecule is CCCOC(=O)c1cnc2c(c1)COC2. The molecular formula is C11H13NO3. The Kier molecular flexibility index (Phi) is 2.97. The number of fused-ring (bicyclic) bond motifs is 1. The molecule has 80 valence electrons. The molecule has 1 aliphatic heterocycles. The van der Waals surface area contributed by atoms with Crippen LogP contribution in [0.1, 0.15) is 35.0 Å². The van der Waals surface area contributed by atoms with E-state index in [1.807, 2.05) is 6.92 Å². The summed E-state index contributed by atoms with van der Waals surface area (Å²) in [6.45, 7) is 3.49. The Bertz CT molecular complexity index is 376. The van der Waals surface area contributed by atoms with Gasteiger partial charge in [0.2, 0.25) is 0 Å². The van der Waals surface area contributed by atoms with Crippen molar-refractivity contribution in [1.29, 1.82) is 0 Å². The lowest BCUT2D eigenvalue weighted by molar-refractivity contribution is 0.0504. The summed E-state index contributed by atoms with van der Waals surface area (Å²) < 4.78 is 10.2. The zero-order valence-electron chi connectivity index (χ0n) is 8.66. The Hall–Kier alpha value is -1.42. The second kappa shape index (κ2) is 4.40. The first kappa shape index (κ1) is 10.1. The summed E-state index contributed by atoms with van der Waals surface area (Å²) in [7, 11) is 0. The van der Waals surface area contributed by atoms with Crippen molar-refractivity contribution >= 4 is 5.97 Å². The topological polar surface area (TPSA) is 48.4 Å². The third kappa shape index (κ3) is 2.15. The number of hydrogen-bond acceptors (Lipinski definition) is 4. The van der Waals surface area contributed by atoms with Gasteiger partial charge in [0.15, 0.2) is 0 Å². The van der Waals surface area contributed by atoms with Gasteiger partial charge in [0, 0.05) is 11.8 Å². The van der Waals surface area contributed by atoms with Crippen LogP contribution < -0.4 is 0 Å². The highest BCUT2D eigenvalue weighted by molar-refractivity contribution is 5.89. The number of carbonyl (C=O) groups is 1. The van der Waals surface area contributed by atoms with E-state index in [4.69, 9.17) is 9.47 Å². The second-order valence-electron chi connectivity index (χ2n) is 3.46. The summed E-state index contributed by atoms with van der Waals surface area (Å²) in [4.78, 5) is 15.7. The molecule has 1 aromatic heterocycles. The summed E-state index contributed by atoms with van der Waals surface area (Å²) >= 11 is 0. The van der Waals surface area contributed by atoms with Crippen LogP contribution >= 0.6 is 0 Å². The lowest BCUT2D eigenvalue weighted by Crippen LogP contribution is -2.07. The number of rotatable bonds is 3. The molecule has 2 rings (SSSR count). The van der Waals surface area contributed by atoms with Gasteiger partial charge < -0.3 is 9.47 Å². The van der Waals surface area contributed by atoms with Gasteiger partial charge in [0.05, 0.1) is 31.1 Å². The Labute approximate surface area is 88.2 Å². The van der Waals surface area contributed by atoms with E-state index < -0.39 is 0 Å². The predicted octanol–water partition coefficient (Wildman–Crippen LogP) is 1.68. The van der Waals surface area contributed by atoms with E-state index in [1.165, 1.54) is 0 Å². The van der Waals surface area contributed by atoms with Gasteiger partial charge in [0.25, 0.3) is 0 Å². The number of carbonyl (C=O) groups excluding carboxylic acids is 1. The van der Waals surface area contributed by atoms with Crippen molar-refractivity contribution in [3.63, 3.8) is 0 Å². The molecule has 0 N–H and O–H groups in total. The van der Waals surface area contributed by atoms with Crippen molar-refractivity contribution in [2.45, 2.75) is 26.6 Å². The minimum atomic E-state index is -0.306. The van der Waals surface area contributed by atoms with E-state index in [0.717, 1.165) is 17.7 Å². The quantitative estimate of drug-likeness (QED) is 0.707. The minimum absolute atomic E-state index is 0.306. The lowest BCUT2D eigenvalue weighted by Gasteiger charge is -2.03. The molecule has 0 amide bonds. The predicted molar refractivity (Wildman–Crippen MR) is 53.3 cm³/mol. The van der Waals surface area contributed by atoms with Crippen LogP contribution in [0.4, 0.5) is 0 Å². The van der Waals surface area contributed by atoms with Gasteiger partial charge >= 0.3 is 5.97 Å². The maximum Gasteiger partial charge on any atom is 0.339 e. The fourth-order valence-corrected chi connectivity index (χ4v) is 1.44. The summed E-state index contributed by atoms with van der Waals surface area (Å²) in [5.41, 5.74) is 2.41. The van der Waals surface area contributed by atoms with Gasteiger partial charge in [-0.3, -0.25) is 4.98 Å². The minimum Gasteiger partial charge on any atom is -0.462 e. The molecule has 1 aliphatic rings. The largest absolute Gasteiger partial charge is 0.462 e. The van der Waals surface area contributed by atoms with Crippen LogP contribution in [0.15, 0.2) is 12.3 Å². The van der Waals surface area contributed by atoms with Crippen molar-refractivity contribution in [2.75, 3.05) is 6.61 Å². The monoisotopic (exact) mass is 207 g/mol. The van der Waals surface area contributed by atoms with Crippen LogP contribution in [-0.4, -0.2) is 17.6 Å². The molecule has 0 bridgehead atoms. The van der Waals surface area contributed by atoms with Crippen LogP contribution in [0, 0.1) is 0 Å². The van der Waals surface area contributed by atoms with Gasteiger partial charge in [-0.05, 0) is 12.5 Å². The molecule has 0 saturated carbocycles. The third-order valence-electron chi connectivity index (χ3n) is 2.23. The van der Waals surface area contributed by atoms with Crippen LogP contribution in [0.2, 0.25) is 0 Å². The standard InChI is InChI=1S/C11H13NO3/c1-2-3-15-11(13)8-4-9-6-14-7-10(9)12-5-8/h4-5H,2-3,6-7H2,1H3. The fourth-order valence-electron chi connectivity index (χ4n) is 1.44. The molecule has 0 aliphatic carbocycles. The number of nitrogens with zero attached hydrogens (tertiary/aromatic N) is 1. The Morgan fingerprint density at radius 3 is 3.27 bits per heavy atom. The summed E-state index contributed by atoms with van der Waals surface area (Å²) in [5, 5.41) is 0. The lowest BCUT2D eigenvalue weighted by atomic mass is 10.2. The second-order valence-corrected chi connectivity index (χ2v) is 3.46. The van der Waals surface area contributed by atoms with E-state index in [-0.39, 0.29) is 5.97 Å². The summed E-state index contributed by atoms with van der Waals surface area (Å²) in [5.74, 6) is -0.306. The zero-order valence-corrected chi connectivity index (χ0v) is 8.66. The Morgan fingerprint density at radius 1 is 1.60 bits per heavy atom. The maximum atomic E-state index is 11.5. The zero-order chi connectivity index (χ0) is 10.7. The van der Waals surface area contributed by atoms with Crippen molar-refractivity contribution in [3.05, 3.63) is 29.1 Å². The van der Waals surface area contributed by atoms with Gasteiger partial charge in [-0.25, -0.2) is 4.79 Å². The number of hydrogen-bond donors (Lipinski definition) is 0. The molecule has 2 heterocycles. The van der Waals surface area contributed by atoms with E-state index in [1.54, 1.807) is 12.3 Å². The van der Waals surface area contributed by atoms with E-state index in [2.05, 4.69) is 4.98 Å². The number of ether oxygens (including phenoxy) is 2. The number of pyridine rings is 1. The summed E-state index contributed by atoms with van der Waals surface area (Å²) in [6, 6.07) is 1.80. The molecule has 15 heavy (non-hydrogen) atoms. The Balaban J connectivity index is 2.12. The first-order valence-corrected chi connectivity index (χ1v) is 5.04. The third-order valence-corrected chi connectivity index (χ3v) is 2.23. The Morgan fingerprint density at radius 2 is 2.47 bits per heavy atom. The smallest absolute Gasteiger partial charge is 0.339 e. The molecule has 0 unspecified atom stereocenters. The molecule has 0 atom stereocenters. The van der Waals surface area contributed by atoms with Crippen LogP contribution in [0.25, 0.3) is 0 Å². The molecule has 0 spiro atoms. The molecule has 0 saturated heterocycles. The van der Waals surface area contributed by atoms with E-state index >= 15 is 0 Å². The van der Waals surface area contributed by atoms with Crippen LogP contribution in [0.5, 0.6) is 0 Å². The molecule has 4 nitrogen and oxygen atoms in total. The van der Waals surface area contributed by atoms with Crippen molar-refractivity contribution in [1.82, 2.24) is 4.98 Å². The molecule has 4 heteroatoms. The fraction of sp³-hybridized carbons (Fsp3) is 0.455. The van der Waals surface area contributed by atoms with Gasteiger partial charge in [-0.15, -0.1) is 0 Å². The van der Waals surface area contributed by atoms with Crippen molar-refractivity contribution in [3.8, 4) is 0 Å². The van der Waals surface area contributed by atoms with Crippen molar-refractivity contribution < 1.29 is 14.3 Å². The molecule has 1 aromatic rings. The molecule has 0 radical (unpaired) electrons. The van der Waals surface area contributed by atoms with Gasteiger partial charge in [-0.2, -0.15) is 0 Å². The van der Waals surface area contributed by atoms with Crippen LogP contribution in [0.3, 0.4) is 0 Å². The highest BCUT2D eigenvalue weighted by Crippen LogP contribution is 2.18. The van der Waals surface area contributed by atoms with Crippen LogP contribution in [-0.2, 0) is 22.7 Å². The highest BCUT2D eigenvalue weighted by Gasteiger charge is 2.16. The van der Waals surface area contributed by atoms with Crippen molar-refractivity contribution in [2.24, 2.45) is 0 Å². The van der Waals surface area contributed by atoms with Gasteiger partial charge in [0.1, 0.15) is 0 Å². The molecular weight excluding hydrogens is 194 g/mol. The van der Waals surface area contributed by atoms with E-state index in [9.17, 15) is 4.79 Å². The summed E-state index contributed by atoms with van der Waals surface area (Å²) in [6.07, 6.45) is 2.37. The average Bonchev–Trinajstić information content (AvgIpc) is 2.72. The first-order chi connectivity index (χ1) is 7.31. The maximum absolute atomic E-state index is 11.5. The van der Waals surface area contributed by atoms with Gasteiger partial charge in [-0.1, -0.05) is 6.92 Å². The number of aromatic nitrogens is 1. The number of esters is 1. The normalized spacial score (nSPS) is 13.7.